The maximum absolute atomic E-state index is 12.4. The number of piperidine rings is 1. The first-order valence-electron chi connectivity index (χ1n) is 6.22. The number of rotatable bonds is 1. The summed E-state index contributed by atoms with van der Waals surface area (Å²) >= 11 is 0. The molecule has 1 aliphatic rings. The number of aromatic nitrogens is 1. The van der Waals surface area contributed by atoms with Crippen LogP contribution in [0.15, 0.2) is 12.3 Å². The van der Waals surface area contributed by atoms with E-state index in [-0.39, 0.29) is 5.91 Å². The van der Waals surface area contributed by atoms with Crippen LogP contribution in [0.4, 0.5) is 5.69 Å². The lowest BCUT2D eigenvalue weighted by Crippen LogP contribution is -2.44. The van der Waals surface area contributed by atoms with Crippen LogP contribution in [-0.4, -0.2) is 28.0 Å². The fourth-order valence-electron chi connectivity index (χ4n) is 2.66. The molecule has 1 aliphatic heterocycles. The van der Waals surface area contributed by atoms with Crippen LogP contribution < -0.4 is 5.73 Å². The van der Waals surface area contributed by atoms with Gasteiger partial charge in [0.1, 0.15) is 5.69 Å². The smallest absolute Gasteiger partial charge is 0.270 e. The zero-order chi connectivity index (χ0) is 12.6. The van der Waals surface area contributed by atoms with E-state index in [2.05, 4.69) is 13.8 Å². The zero-order valence-corrected chi connectivity index (χ0v) is 10.8. The standard InChI is InChI=1S/C13H21N3O/c1-9-4-5-16(10(2)6-9)13(17)12-7-11(14)8-15(12)3/h7-10H,4-6,14H2,1-3H3. The van der Waals surface area contributed by atoms with Gasteiger partial charge in [0, 0.05) is 25.8 Å². The Morgan fingerprint density at radius 1 is 1.47 bits per heavy atom. The van der Waals surface area contributed by atoms with Crippen molar-refractivity contribution in [3.05, 3.63) is 18.0 Å². The molecule has 1 aromatic heterocycles. The van der Waals surface area contributed by atoms with E-state index in [0.717, 1.165) is 19.4 Å². The van der Waals surface area contributed by atoms with E-state index in [1.54, 1.807) is 12.3 Å². The van der Waals surface area contributed by atoms with E-state index in [1.165, 1.54) is 0 Å². The number of hydrogen-bond acceptors (Lipinski definition) is 2. The molecule has 1 amide bonds. The van der Waals surface area contributed by atoms with Gasteiger partial charge >= 0.3 is 0 Å². The number of anilines is 1. The summed E-state index contributed by atoms with van der Waals surface area (Å²) in [6.45, 7) is 5.23. The number of nitrogen functional groups attached to an aromatic ring is 1. The maximum Gasteiger partial charge on any atom is 0.270 e. The second-order valence-corrected chi connectivity index (χ2v) is 5.25. The van der Waals surface area contributed by atoms with Crippen molar-refractivity contribution in [2.24, 2.45) is 13.0 Å². The topological polar surface area (TPSA) is 51.3 Å². The lowest BCUT2D eigenvalue weighted by Gasteiger charge is -2.36. The van der Waals surface area contributed by atoms with E-state index >= 15 is 0 Å². The van der Waals surface area contributed by atoms with E-state index in [9.17, 15) is 4.79 Å². The van der Waals surface area contributed by atoms with Crippen LogP contribution in [0.2, 0.25) is 0 Å². The van der Waals surface area contributed by atoms with Crippen molar-refractivity contribution in [2.75, 3.05) is 12.3 Å². The Morgan fingerprint density at radius 2 is 2.18 bits per heavy atom. The van der Waals surface area contributed by atoms with Gasteiger partial charge in [0.25, 0.3) is 5.91 Å². The summed E-state index contributed by atoms with van der Waals surface area (Å²) in [6, 6.07) is 2.08. The van der Waals surface area contributed by atoms with E-state index in [4.69, 9.17) is 5.73 Å². The van der Waals surface area contributed by atoms with Gasteiger partial charge in [-0.05, 0) is 31.7 Å². The summed E-state index contributed by atoms with van der Waals surface area (Å²) in [6.07, 6.45) is 3.96. The summed E-state index contributed by atoms with van der Waals surface area (Å²) in [7, 11) is 1.86. The second-order valence-electron chi connectivity index (χ2n) is 5.25. The molecular formula is C13H21N3O. The Morgan fingerprint density at radius 3 is 2.71 bits per heavy atom. The molecule has 0 spiro atoms. The third-order valence-corrected chi connectivity index (χ3v) is 3.64. The zero-order valence-electron chi connectivity index (χ0n) is 10.8. The summed E-state index contributed by atoms with van der Waals surface area (Å²) in [5.74, 6) is 0.816. The van der Waals surface area contributed by atoms with E-state index in [1.807, 2.05) is 16.5 Å². The highest BCUT2D eigenvalue weighted by Gasteiger charge is 2.28. The maximum atomic E-state index is 12.4. The van der Waals surface area contributed by atoms with Crippen LogP contribution in [0.3, 0.4) is 0 Å². The minimum Gasteiger partial charge on any atom is -0.397 e. The molecule has 0 aromatic carbocycles. The van der Waals surface area contributed by atoms with Gasteiger partial charge in [0.2, 0.25) is 0 Å². The van der Waals surface area contributed by atoms with Gasteiger partial charge in [-0.2, -0.15) is 0 Å². The van der Waals surface area contributed by atoms with Gasteiger partial charge in [0.05, 0.1) is 5.69 Å². The average Bonchev–Trinajstić information content (AvgIpc) is 2.57. The highest BCUT2D eigenvalue weighted by atomic mass is 16.2. The molecule has 0 bridgehead atoms. The molecule has 1 aromatic rings. The van der Waals surface area contributed by atoms with Crippen molar-refractivity contribution in [2.45, 2.75) is 32.7 Å². The number of hydrogen-bond donors (Lipinski definition) is 1. The predicted octanol–water partition coefficient (Wildman–Crippen LogP) is 1.87. The molecule has 0 aliphatic carbocycles. The molecule has 1 saturated heterocycles. The molecule has 2 N–H and O–H groups in total. The Hall–Kier alpha value is -1.45. The molecule has 1 fully saturated rings. The summed E-state index contributed by atoms with van der Waals surface area (Å²) < 4.78 is 1.81. The number of likely N-dealkylation sites (tertiary alicyclic amines) is 1. The van der Waals surface area contributed by atoms with Gasteiger partial charge in [-0.1, -0.05) is 6.92 Å². The third-order valence-electron chi connectivity index (χ3n) is 3.64. The minimum absolute atomic E-state index is 0.101. The van der Waals surface area contributed by atoms with Crippen molar-refractivity contribution >= 4 is 11.6 Å². The highest BCUT2D eigenvalue weighted by Crippen LogP contribution is 2.24. The molecule has 2 unspecified atom stereocenters. The number of nitrogens with two attached hydrogens (primary N) is 1. The van der Waals surface area contributed by atoms with Crippen LogP contribution in [0.25, 0.3) is 0 Å². The molecule has 0 saturated carbocycles. The quantitative estimate of drug-likeness (QED) is 0.808. The van der Waals surface area contributed by atoms with Gasteiger partial charge in [-0.25, -0.2) is 0 Å². The van der Waals surface area contributed by atoms with Gasteiger partial charge in [0.15, 0.2) is 0 Å². The van der Waals surface area contributed by atoms with Crippen molar-refractivity contribution in [3.63, 3.8) is 0 Å². The molecule has 4 nitrogen and oxygen atoms in total. The minimum atomic E-state index is 0.101. The molecule has 2 rings (SSSR count). The van der Waals surface area contributed by atoms with Crippen molar-refractivity contribution in [1.29, 1.82) is 0 Å². The number of carbonyl (C=O) groups is 1. The third kappa shape index (κ3) is 2.30. The SMILES string of the molecule is CC1CCN(C(=O)c2cc(N)cn2C)C(C)C1. The monoisotopic (exact) mass is 235 g/mol. The normalized spacial score (nSPS) is 25.0. The van der Waals surface area contributed by atoms with Gasteiger partial charge < -0.3 is 15.2 Å². The number of aryl methyl sites for hydroxylation is 1. The fourth-order valence-corrected chi connectivity index (χ4v) is 2.66. The van der Waals surface area contributed by atoms with Gasteiger partial charge in [-0.15, -0.1) is 0 Å². The first-order chi connectivity index (χ1) is 7.99. The lowest BCUT2D eigenvalue weighted by molar-refractivity contribution is 0.0579. The number of nitrogens with zero attached hydrogens (tertiary/aromatic N) is 2. The lowest BCUT2D eigenvalue weighted by atomic mass is 9.93. The Kier molecular flexibility index (Phi) is 3.13. The Labute approximate surface area is 102 Å². The summed E-state index contributed by atoms with van der Waals surface area (Å²) in [4.78, 5) is 14.4. The van der Waals surface area contributed by atoms with E-state index in [0.29, 0.717) is 23.3 Å². The highest BCUT2D eigenvalue weighted by molar-refractivity contribution is 5.94. The molecule has 17 heavy (non-hydrogen) atoms. The molecule has 94 valence electrons. The van der Waals surface area contributed by atoms with Crippen molar-refractivity contribution in [3.8, 4) is 0 Å². The van der Waals surface area contributed by atoms with Crippen LogP contribution in [-0.2, 0) is 7.05 Å². The van der Waals surface area contributed by atoms with Crippen LogP contribution in [0, 0.1) is 5.92 Å². The van der Waals surface area contributed by atoms with Crippen molar-refractivity contribution in [1.82, 2.24) is 9.47 Å². The van der Waals surface area contributed by atoms with Crippen molar-refractivity contribution < 1.29 is 4.79 Å². The number of amides is 1. The molecular weight excluding hydrogens is 214 g/mol. The fraction of sp³-hybridized carbons (Fsp3) is 0.615. The largest absolute Gasteiger partial charge is 0.397 e. The number of carbonyl (C=O) groups excluding carboxylic acids is 1. The second kappa shape index (κ2) is 4.43. The van der Waals surface area contributed by atoms with Crippen LogP contribution >= 0.6 is 0 Å². The van der Waals surface area contributed by atoms with Crippen LogP contribution in [0.1, 0.15) is 37.2 Å². The first kappa shape index (κ1) is 12.0. The molecule has 4 heteroatoms. The summed E-state index contributed by atoms with van der Waals surface area (Å²) in [5, 5.41) is 0. The first-order valence-corrected chi connectivity index (χ1v) is 6.22. The summed E-state index contributed by atoms with van der Waals surface area (Å²) in [5.41, 5.74) is 7.04. The van der Waals surface area contributed by atoms with Crippen LogP contribution in [0.5, 0.6) is 0 Å². The Bertz CT molecular complexity index is 424. The molecule has 0 radical (unpaired) electrons. The Balaban J connectivity index is 2.17. The molecule has 2 atom stereocenters. The van der Waals surface area contributed by atoms with E-state index < -0.39 is 0 Å². The average molecular weight is 235 g/mol. The van der Waals surface area contributed by atoms with Gasteiger partial charge in [-0.3, -0.25) is 4.79 Å². The molecule has 2 heterocycles. The predicted molar refractivity (Wildman–Crippen MR) is 68.7 cm³/mol.